The van der Waals surface area contributed by atoms with Crippen LogP contribution in [-0.2, 0) is 0 Å². The van der Waals surface area contributed by atoms with E-state index < -0.39 is 0 Å². The molecule has 4 nitrogen and oxygen atoms in total. The Morgan fingerprint density at radius 3 is 2.81 bits per heavy atom. The van der Waals surface area contributed by atoms with Gasteiger partial charge >= 0.3 is 0 Å². The lowest BCUT2D eigenvalue weighted by atomic mass is 10.0. The van der Waals surface area contributed by atoms with Gasteiger partial charge < -0.3 is 9.84 Å². The number of nitrogens with zero attached hydrogens (tertiary/aromatic N) is 2. The van der Waals surface area contributed by atoms with Gasteiger partial charge in [0.1, 0.15) is 0 Å². The molecule has 1 atom stereocenters. The SMILES string of the molecule is Cl.c1ccc2c(-c3noc(C4CCCN4)n3)cccc2c1. The Hall–Kier alpha value is -1.91. The molecular weight excluding hydrogens is 286 g/mol. The molecule has 1 N–H and O–H groups in total. The molecule has 1 aliphatic rings. The molecule has 1 aliphatic heterocycles. The molecule has 108 valence electrons. The molecule has 2 heterocycles. The summed E-state index contributed by atoms with van der Waals surface area (Å²) in [5.41, 5.74) is 1.02. The summed E-state index contributed by atoms with van der Waals surface area (Å²) in [6, 6.07) is 14.6. The van der Waals surface area contributed by atoms with Gasteiger partial charge in [0, 0.05) is 5.56 Å². The summed E-state index contributed by atoms with van der Waals surface area (Å²) in [6.07, 6.45) is 2.23. The quantitative estimate of drug-likeness (QED) is 0.783. The van der Waals surface area contributed by atoms with Gasteiger partial charge in [0.2, 0.25) is 11.7 Å². The third-order valence-corrected chi connectivity index (χ3v) is 3.83. The number of benzene rings is 2. The van der Waals surface area contributed by atoms with Crippen molar-refractivity contribution in [2.75, 3.05) is 6.54 Å². The van der Waals surface area contributed by atoms with Gasteiger partial charge in [0.15, 0.2) is 0 Å². The molecule has 0 radical (unpaired) electrons. The second kappa shape index (κ2) is 5.84. The Kier molecular flexibility index (Phi) is 3.90. The maximum atomic E-state index is 5.43. The minimum absolute atomic E-state index is 0. The van der Waals surface area contributed by atoms with Crippen LogP contribution in [0.15, 0.2) is 47.0 Å². The van der Waals surface area contributed by atoms with Crippen LogP contribution in [0.25, 0.3) is 22.2 Å². The minimum Gasteiger partial charge on any atom is -0.337 e. The summed E-state index contributed by atoms with van der Waals surface area (Å²) >= 11 is 0. The highest BCUT2D eigenvalue weighted by Gasteiger charge is 2.23. The zero-order chi connectivity index (χ0) is 13.4. The molecule has 0 bridgehead atoms. The highest BCUT2D eigenvalue weighted by atomic mass is 35.5. The maximum Gasteiger partial charge on any atom is 0.244 e. The van der Waals surface area contributed by atoms with Crippen molar-refractivity contribution in [2.24, 2.45) is 0 Å². The topological polar surface area (TPSA) is 51.0 Å². The highest BCUT2D eigenvalue weighted by Crippen LogP contribution is 2.28. The average molecular weight is 302 g/mol. The highest BCUT2D eigenvalue weighted by molar-refractivity contribution is 5.94. The summed E-state index contributed by atoms with van der Waals surface area (Å²) in [6.45, 7) is 1.02. The standard InChI is InChI=1S/C16H15N3O.ClH/c1-2-7-12-11(5-1)6-3-8-13(12)15-18-16(20-19-15)14-9-4-10-17-14;/h1-3,5-8,14,17H,4,9-10H2;1H. The molecular formula is C16H16ClN3O. The zero-order valence-electron chi connectivity index (χ0n) is 11.5. The molecule has 4 rings (SSSR count). The van der Waals surface area contributed by atoms with Crippen molar-refractivity contribution in [1.29, 1.82) is 0 Å². The van der Waals surface area contributed by atoms with Crippen LogP contribution < -0.4 is 5.32 Å². The van der Waals surface area contributed by atoms with Crippen LogP contribution in [0, 0.1) is 0 Å². The number of nitrogens with one attached hydrogen (secondary N) is 1. The smallest absolute Gasteiger partial charge is 0.244 e. The lowest BCUT2D eigenvalue weighted by Gasteiger charge is -2.02. The van der Waals surface area contributed by atoms with Crippen molar-refractivity contribution >= 4 is 23.2 Å². The lowest BCUT2D eigenvalue weighted by molar-refractivity contribution is 0.345. The van der Waals surface area contributed by atoms with Crippen molar-refractivity contribution < 1.29 is 4.52 Å². The van der Waals surface area contributed by atoms with E-state index >= 15 is 0 Å². The van der Waals surface area contributed by atoms with Crippen LogP contribution in [0.2, 0.25) is 0 Å². The van der Waals surface area contributed by atoms with E-state index in [2.05, 4.69) is 33.7 Å². The maximum absolute atomic E-state index is 5.43. The molecule has 0 saturated carbocycles. The van der Waals surface area contributed by atoms with Crippen molar-refractivity contribution in [3.63, 3.8) is 0 Å². The number of fused-ring (bicyclic) bond motifs is 1. The monoisotopic (exact) mass is 301 g/mol. The molecule has 1 aromatic heterocycles. The van der Waals surface area contributed by atoms with E-state index in [-0.39, 0.29) is 18.4 Å². The van der Waals surface area contributed by atoms with E-state index in [0.29, 0.717) is 11.7 Å². The summed E-state index contributed by atoms with van der Waals surface area (Å²) in [5.74, 6) is 1.37. The van der Waals surface area contributed by atoms with Crippen LogP contribution in [0.3, 0.4) is 0 Å². The molecule has 1 unspecified atom stereocenters. The second-order valence-corrected chi connectivity index (χ2v) is 5.13. The lowest BCUT2D eigenvalue weighted by Crippen LogP contribution is -2.12. The van der Waals surface area contributed by atoms with E-state index in [1.165, 1.54) is 5.39 Å². The normalized spacial score (nSPS) is 17.8. The molecule has 0 amide bonds. The fourth-order valence-electron chi connectivity index (χ4n) is 2.80. The first kappa shape index (κ1) is 14.0. The molecule has 21 heavy (non-hydrogen) atoms. The van der Waals surface area contributed by atoms with Crippen molar-refractivity contribution in [3.8, 4) is 11.4 Å². The van der Waals surface area contributed by atoms with Crippen molar-refractivity contribution in [3.05, 3.63) is 48.4 Å². The van der Waals surface area contributed by atoms with Crippen LogP contribution in [0.5, 0.6) is 0 Å². The number of hydrogen-bond donors (Lipinski definition) is 1. The number of hydrogen-bond acceptors (Lipinski definition) is 4. The summed E-state index contributed by atoms with van der Waals surface area (Å²) < 4.78 is 5.43. The summed E-state index contributed by atoms with van der Waals surface area (Å²) in [7, 11) is 0. The van der Waals surface area contributed by atoms with Crippen LogP contribution in [0.4, 0.5) is 0 Å². The number of rotatable bonds is 2. The zero-order valence-corrected chi connectivity index (χ0v) is 12.3. The van der Waals surface area contributed by atoms with Gasteiger partial charge in [-0.05, 0) is 30.2 Å². The second-order valence-electron chi connectivity index (χ2n) is 5.13. The molecule has 0 aliphatic carbocycles. The van der Waals surface area contributed by atoms with Gasteiger partial charge in [0.25, 0.3) is 0 Å². The Morgan fingerprint density at radius 1 is 1.10 bits per heavy atom. The molecule has 5 heteroatoms. The largest absolute Gasteiger partial charge is 0.337 e. The van der Waals surface area contributed by atoms with Gasteiger partial charge in [-0.15, -0.1) is 12.4 Å². The Labute approximate surface area is 129 Å². The third kappa shape index (κ3) is 2.52. The van der Waals surface area contributed by atoms with Crippen molar-refractivity contribution in [2.45, 2.75) is 18.9 Å². The average Bonchev–Trinajstić information content (AvgIpc) is 3.17. The summed E-state index contributed by atoms with van der Waals surface area (Å²) in [5, 5.41) is 9.88. The van der Waals surface area contributed by atoms with Gasteiger partial charge in [-0.25, -0.2) is 0 Å². The van der Waals surface area contributed by atoms with E-state index in [1.54, 1.807) is 0 Å². The first-order chi connectivity index (χ1) is 9.92. The third-order valence-electron chi connectivity index (χ3n) is 3.83. The molecule has 2 aromatic carbocycles. The first-order valence-corrected chi connectivity index (χ1v) is 6.97. The Balaban J connectivity index is 0.00000132. The fraction of sp³-hybridized carbons (Fsp3) is 0.250. The molecule has 0 spiro atoms. The molecule has 1 fully saturated rings. The molecule has 3 aromatic rings. The van der Waals surface area contributed by atoms with Gasteiger partial charge in [-0.2, -0.15) is 4.98 Å². The van der Waals surface area contributed by atoms with Crippen LogP contribution in [-0.4, -0.2) is 16.7 Å². The number of aromatic nitrogens is 2. The predicted octanol–water partition coefficient (Wildman–Crippen LogP) is 3.74. The van der Waals surface area contributed by atoms with E-state index in [9.17, 15) is 0 Å². The van der Waals surface area contributed by atoms with Crippen LogP contribution >= 0.6 is 12.4 Å². The first-order valence-electron chi connectivity index (χ1n) is 6.97. The minimum atomic E-state index is 0. The molecule has 1 saturated heterocycles. The summed E-state index contributed by atoms with van der Waals surface area (Å²) in [4.78, 5) is 4.57. The van der Waals surface area contributed by atoms with Gasteiger partial charge in [-0.1, -0.05) is 47.6 Å². The van der Waals surface area contributed by atoms with Gasteiger partial charge in [0.05, 0.1) is 6.04 Å². The van der Waals surface area contributed by atoms with Crippen LogP contribution in [0.1, 0.15) is 24.8 Å². The Morgan fingerprint density at radius 2 is 1.95 bits per heavy atom. The fourth-order valence-corrected chi connectivity index (χ4v) is 2.80. The Bertz CT molecular complexity index is 745. The predicted molar refractivity (Wildman–Crippen MR) is 84.5 cm³/mol. The van der Waals surface area contributed by atoms with Gasteiger partial charge in [-0.3, -0.25) is 0 Å². The van der Waals surface area contributed by atoms with E-state index in [1.807, 2.05) is 24.3 Å². The van der Waals surface area contributed by atoms with Crippen molar-refractivity contribution in [1.82, 2.24) is 15.5 Å². The number of halogens is 1. The van der Waals surface area contributed by atoms with E-state index in [4.69, 9.17) is 4.52 Å². The van der Waals surface area contributed by atoms with E-state index in [0.717, 1.165) is 30.3 Å².